The molecule has 25 heavy (non-hydrogen) atoms. The summed E-state index contributed by atoms with van der Waals surface area (Å²) in [6, 6.07) is 18.8. The molecule has 0 N–H and O–H groups in total. The summed E-state index contributed by atoms with van der Waals surface area (Å²) in [5, 5.41) is 14.7. The van der Waals surface area contributed by atoms with Gasteiger partial charge in [0.2, 0.25) is 4.96 Å². The average molecular weight is 348 g/mol. The summed E-state index contributed by atoms with van der Waals surface area (Å²) in [5.74, 6) is 1.13. The maximum absolute atomic E-state index is 4.90. The van der Waals surface area contributed by atoms with E-state index in [4.69, 9.17) is 5.10 Å². The minimum atomic E-state index is 0.308. The Morgan fingerprint density at radius 3 is 2.52 bits per heavy atom. The van der Waals surface area contributed by atoms with E-state index in [0.29, 0.717) is 5.92 Å². The van der Waals surface area contributed by atoms with Crippen molar-refractivity contribution >= 4 is 16.3 Å². The van der Waals surface area contributed by atoms with Gasteiger partial charge in [-0.15, -0.1) is 10.2 Å². The van der Waals surface area contributed by atoms with Gasteiger partial charge in [0.15, 0.2) is 5.82 Å². The third-order valence-corrected chi connectivity index (χ3v) is 5.48. The van der Waals surface area contributed by atoms with Crippen LogP contribution >= 0.6 is 11.3 Å². The van der Waals surface area contributed by atoms with Gasteiger partial charge >= 0.3 is 0 Å². The van der Waals surface area contributed by atoms with E-state index in [1.54, 1.807) is 11.3 Å². The fourth-order valence-electron chi connectivity index (χ4n) is 3.17. The molecule has 126 valence electrons. The lowest BCUT2D eigenvalue weighted by atomic mass is 9.95. The van der Waals surface area contributed by atoms with Gasteiger partial charge in [0.05, 0.1) is 0 Å². The van der Waals surface area contributed by atoms with E-state index in [1.165, 1.54) is 11.1 Å². The molecule has 0 amide bonds. The highest BCUT2D eigenvalue weighted by atomic mass is 32.1. The monoisotopic (exact) mass is 348 g/mol. The van der Waals surface area contributed by atoms with Crippen LogP contribution in [0, 0.1) is 6.92 Å². The van der Waals surface area contributed by atoms with Crippen molar-refractivity contribution in [2.75, 3.05) is 0 Å². The molecule has 1 atom stereocenters. The standard InChI is InChI=1S/C20H20N4S/c1-3-9-17(15-11-5-4-6-12-15)19-23-24-18(21-22-20(24)25-19)16-13-8-7-10-14(16)2/h4-8,10-13,17H,3,9H2,1-2H3/t17-/m1/s1. The fraction of sp³-hybridized carbons (Fsp3) is 0.250. The molecule has 2 aromatic carbocycles. The zero-order chi connectivity index (χ0) is 17.2. The Morgan fingerprint density at radius 2 is 1.76 bits per heavy atom. The molecule has 4 aromatic rings. The molecule has 2 heterocycles. The molecule has 0 unspecified atom stereocenters. The van der Waals surface area contributed by atoms with Gasteiger partial charge in [-0.05, 0) is 24.5 Å². The molecule has 4 rings (SSSR count). The highest BCUT2D eigenvalue weighted by Crippen LogP contribution is 2.33. The molecular weight excluding hydrogens is 328 g/mol. The van der Waals surface area contributed by atoms with Crippen LogP contribution in [0.1, 0.15) is 41.8 Å². The Kier molecular flexibility index (Phi) is 4.32. The summed E-state index contributed by atoms with van der Waals surface area (Å²) in [5.41, 5.74) is 3.57. The van der Waals surface area contributed by atoms with Gasteiger partial charge in [-0.3, -0.25) is 0 Å². The van der Waals surface area contributed by atoms with Crippen molar-refractivity contribution < 1.29 is 0 Å². The van der Waals surface area contributed by atoms with Crippen molar-refractivity contribution in [1.29, 1.82) is 0 Å². The minimum Gasteiger partial charge on any atom is -0.183 e. The molecule has 0 saturated carbocycles. The molecule has 5 heteroatoms. The topological polar surface area (TPSA) is 43.1 Å². The van der Waals surface area contributed by atoms with Crippen LogP contribution in [0.3, 0.4) is 0 Å². The van der Waals surface area contributed by atoms with Gasteiger partial charge in [-0.2, -0.15) is 9.61 Å². The molecule has 0 saturated heterocycles. The summed E-state index contributed by atoms with van der Waals surface area (Å²) in [7, 11) is 0. The molecule has 0 bridgehead atoms. The Morgan fingerprint density at radius 1 is 1.00 bits per heavy atom. The number of hydrogen-bond donors (Lipinski definition) is 0. The highest BCUT2D eigenvalue weighted by molar-refractivity contribution is 7.16. The Bertz CT molecular complexity index is 987. The fourth-order valence-corrected chi connectivity index (χ4v) is 4.17. The van der Waals surface area contributed by atoms with Crippen molar-refractivity contribution in [3.8, 4) is 11.4 Å². The molecule has 4 nitrogen and oxygen atoms in total. The summed E-state index contributed by atoms with van der Waals surface area (Å²) in [6.07, 6.45) is 2.19. The van der Waals surface area contributed by atoms with Crippen LogP contribution < -0.4 is 0 Å². The average Bonchev–Trinajstić information content (AvgIpc) is 3.22. The smallest absolute Gasteiger partial charge is 0.183 e. The van der Waals surface area contributed by atoms with Gasteiger partial charge in [0, 0.05) is 11.5 Å². The zero-order valence-corrected chi connectivity index (χ0v) is 15.2. The number of benzene rings is 2. The predicted octanol–water partition coefficient (Wildman–Crippen LogP) is 5.09. The van der Waals surface area contributed by atoms with E-state index < -0.39 is 0 Å². The largest absolute Gasteiger partial charge is 0.234 e. The number of aryl methyl sites for hydroxylation is 1. The van der Waals surface area contributed by atoms with Crippen LogP contribution in [0.15, 0.2) is 54.6 Å². The first-order valence-electron chi connectivity index (χ1n) is 8.61. The summed E-state index contributed by atoms with van der Waals surface area (Å²) in [4.78, 5) is 0.852. The van der Waals surface area contributed by atoms with E-state index in [9.17, 15) is 0 Å². The molecule has 2 aromatic heterocycles. The molecular formula is C20H20N4S. The lowest BCUT2D eigenvalue weighted by Crippen LogP contribution is -2.02. The van der Waals surface area contributed by atoms with Gasteiger partial charge < -0.3 is 0 Å². The Hall–Kier alpha value is -2.53. The first-order valence-corrected chi connectivity index (χ1v) is 9.42. The lowest BCUT2D eigenvalue weighted by molar-refractivity contribution is 0.680. The van der Waals surface area contributed by atoms with E-state index in [-0.39, 0.29) is 0 Å². The van der Waals surface area contributed by atoms with Crippen LogP contribution in [0.4, 0.5) is 0 Å². The first-order chi connectivity index (χ1) is 12.3. The molecule has 0 aliphatic heterocycles. The maximum atomic E-state index is 4.90. The lowest BCUT2D eigenvalue weighted by Gasteiger charge is -2.13. The van der Waals surface area contributed by atoms with Crippen molar-refractivity contribution in [3.05, 3.63) is 70.7 Å². The van der Waals surface area contributed by atoms with E-state index in [0.717, 1.165) is 34.2 Å². The number of fused-ring (bicyclic) bond motifs is 1. The summed E-state index contributed by atoms with van der Waals surface area (Å²) in [6.45, 7) is 4.31. The Labute approximate surface area is 151 Å². The van der Waals surface area contributed by atoms with Crippen molar-refractivity contribution in [2.45, 2.75) is 32.6 Å². The molecule has 0 spiro atoms. The minimum absolute atomic E-state index is 0.308. The SMILES string of the molecule is CCC[C@H](c1ccccc1)c1nn2c(-c3ccccc3C)nnc2s1. The maximum Gasteiger partial charge on any atom is 0.234 e. The van der Waals surface area contributed by atoms with E-state index in [2.05, 4.69) is 66.5 Å². The first kappa shape index (κ1) is 16.0. The van der Waals surface area contributed by atoms with Gasteiger partial charge in [-0.25, -0.2) is 0 Å². The van der Waals surface area contributed by atoms with Gasteiger partial charge in [0.25, 0.3) is 0 Å². The normalized spacial score (nSPS) is 12.6. The van der Waals surface area contributed by atoms with E-state index >= 15 is 0 Å². The quantitative estimate of drug-likeness (QED) is 0.504. The zero-order valence-electron chi connectivity index (χ0n) is 14.4. The van der Waals surface area contributed by atoms with Gasteiger partial charge in [-0.1, -0.05) is 79.3 Å². The van der Waals surface area contributed by atoms with Crippen molar-refractivity contribution in [3.63, 3.8) is 0 Å². The number of aromatic nitrogens is 4. The third-order valence-electron chi connectivity index (χ3n) is 4.47. The van der Waals surface area contributed by atoms with E-state index in [1.807, 2.05) is 16.6 Å². The second kappa shape index (κ2) is 6.76. The molecule has 0 aliphatic carbocycles. The van der Waals surface area contributed by atoms with Crippen LogP contribution in [-0.4, -0.2) is 19.8 Å². The van der Waals surface area contributed by atoms with Gasteiger partial charge in [0.1, 0.15) is 5.01 Å². The summed E-state index contributed by atoms with van der Waals surface area (Å²) < 4.78 is 1.90. The van der Waals surface area contributed by atoms with Crippen LogP contribution in [0.25, 0.3) is 16.3 Å². The van der Waals surface area contributed by atoms with Crippen LogP contribution in [-0.2, 0) is 0 Å². The predicted molar refractivity (Wildman–Crippen MR) is 102 cm³/mol. The molecule has 0 fully saturated rings. The molecule has 0 radical (unpaired) electrons. The number of nitrogens with zero attached hydrogens (tertiary/aromatic N) is 4. The number of hydrogen-bond acceptors (Lipinski definition) is 4. The second-order valence-corrected chi connectivity index (χ2v) is 7.21. The summed E-state index contributed by atoms with van der Waals surface area (Å²) >= 11 is 1.64. The number of rotatable bonds is 5. The van der Waals surface area contributed by atoms with Crippen LogP contribution in [0.2, 0.25) is 0 Å². The third kappa shape index (κ3) is 2.96. The highest BCUT2D eigenvalue weighted by Gasteiger charge is 2.21. The van der Waals surface area contributed by atoms with Crippen molar-refractivity contribution in [2.24, 2.45) is 0 Å². The Balaban J connectivity index is 1.80. The van der Waals surface area contributed by atoms with Crippen LogP contribution in [0.5, 0.6) is 0 Å². The molecule has 0 aliphatic rings. The van der Waals surface area contributed by atoms with Crippen molar-refractivity contribution in [1.82, 2.24) is 19.8 Å². The second-order valence-electron chi connectivity index (χ2n) is 6.23.